The molecule has 0 unspecified atom stereocenters. The Kier molecular flexibility index (Phi) is 5.56. The van der Waals surface area contributed by atoms with Gasteiger partial charge in [-0.05, 0) is 41.9 Å². The van der Waals surface area contributed by atoms with Gasteiger partial charge in [-0.15, -0.1) is 0 Å². The molecule has 0 atom stereocenters. The topological polar surface area (TPSA) is 61.8 Å². The van der Waals surface area contributed by atoms with E-state index in [0.29, 0.717) is 21.5 Å². The zero-order valence-electron chi connectivity index (χ0n) is 11.9. The average molecular weight is 345 g/mol. The molecule has 0 aliphatic carbocycles. The lowest BCUT2D eigenvalue weighted by atomic mass is 9.95. The van der Waals surface area contributed by atoms with E-state index in [1.54, 1.807) is 26.0 Å². The molecular weight excluding hydrogens is 328 g/mol. The van der Waals surface area contributed by atoms with Gasteiger partial charge in [-0.25, -0.2) is 0 Å². The standard InChI is InChI=1S/C14H17BrO5/c1-14(2,13(17)19-4)8-20-12-10(15)5-9(7-16)6-11(12)18-3/h5-7H,8H2,1-4H3. The van der Waals surface area contributed by atoms with E-state index in [9.17, 15) is 9.59 Å². The minimum Gasteiger partial charge on any atom is -0.493 e. The highest BCUT2D eigenvalue weighted by Crippen LogP contribution is 2.37. The van der Waals surface area contributed by atoms with Gasteiger partial charge in [0, 0.05) is 5.56 Å². The lowest BCUT2D eigenvalue weighted by Gasteiger charge is -2.23. The van der Waals surface area contributed by atoms with Crippen molar-refractivity contribution in [3.8, 4) is 11.5 Å². The van der Waals surface area contributed by atoms with E-state index >= 15 is 0 Å². The molecule has 0 N–H and O–H groups in total. The zero-order valence-corrected chi connectivity index (χ0v) is 13.4. The number of benzene rings is 1. The first kappa shape index (κ1) is 16.5. The molecule has 0 amide bonds. The highest BCUT2D eigenvalue weighted by Gasteiger charge is 2.30. The molecule has 1 rings (SSSR count). The van der Waals surface area contributed by atoms with Crippen molar-refractivity contribution in [2.24, 2.45) is 5.41 Å². The number of aldehydes is 1. The summed E-state index contributed by atoms with van der Waals surface area (Å²) in [6.45, 7) is 3.56. The summed E-state index contributed by atoms with van der Waals surface area (Å²) in [5.74, 6) is 0.495. The van der Waals surface area contributed by atoms with Crippen LogP contribution in [0.15, 0.2) is 16.6 Å². The molecule has 0 saturated heterocycles. The van der Waals surface area contributed by atoms with Crippen LogP contribution in [0.4, 0.5) is 0 Å². The van der Waals surface area contributed by atoms with E-state index in [-0.39, 0.29) is 12.6 Å². The van der Waals surface area contributed by atoms with Gasteiger partial charge in [-0.2, -0.15) is 0 Å². The Morgan fingerprint density at radius 2 is 2.00 bits per heavy atom. The zero-order chi connectivity index (χ0) is 15.3. The number of rotatable bonds is 6. The molecule has 0 bridgehead atoms. The average Bonchev–Trinajstić information content (AvgIpc) is 2.43. The van der Waals surface area contributed by atoms with Gasteiger partial charge in [0.2, 0.25) is 0 Å². The summed E-state index contributed by atoms with van der Waals surface area (Å²) in [5.41, 5.74) is -0.323. The summed E-state index contributed by atoms with van der Waals surface area (Å²) < 4.78 is 16.1. The number of methoxy groups -OCH3 is 2. The van der Waals surface area contributed by atoms with E-state index in [0.717, 1.165) is 6.29 Å². The van der Waals surface area contributed by atoms with Crippen molar-refractivity contribution in [3.63, 3.8) is 0 Å². The van der Waals surface area contributed by atoms with Gasteiger partial charge in [-0.1, -0.05) is 0 Å². The largest absolute Gasteiger partial charge is 0.493 e. The summed E-state index contributed by atoms with van der Waals surface area (Å²) in [6.07, 6.45) is 0.718. The maximum Gasteiger partial charge on any atom is 0.314 e. The normalized spacial score (nSPS) is 10.8. The molecule has 0 aromatic heterocycles. The van der Waals surface area contributed by atoms with Gasteiger partial charge in [0.25, 0.3) is 0 Å². The smallest absolute Gasteiger partial charge is 0.314 e. The number of hydrogen-bond acceptors (Lipinski definition) is 5. The van der Waals surface area contributed by atoms with Crippen molar-refractivity contribution in [3.05, 3.63) is 22.2 Å². The number of halogens is 1. The van der Waals surface area contributed by atoms with E-state index in [1.165, 1.54) is 14.2 Å². The SMILES string of the molecule is COC(=O)C(C)(C)COc1c(Br)cc(C=O)cc1OC. The van der Waals surface area contributed by atoms with Gasteiger partial charge >= 0.3 is 5.97 Å². The third-order valence-corrected chi connectivity index (χ3v) is 3.29. The number of hydrogen-bond donors (Lipinski definition) is 0. The molecule has 6 heteroatoms. The van der Waals surface area contributed by atoms with Crippen molar-refractivity contribution in [1.29, 1.82) is 0 Å². The van der Waals surface area contributed by atoms with Crippen molar-refractivity contribution < 1.29 is 23.8 Å². The Balaban J connectivity index is 2.98. The minimum absolute atomic E-state index is 0.120. The number of esters is 1. The van der Waals surface area contributed by atoms with Crippen LogP contribution in [-0.4, -0.2) is 33.1 Å². The third kappa shape index (κ3) is 3.72. The van der Waals surface area contributed by atoms with Gasteiger partial charge in [-0.3, -0.25) is 9.59 Å². The molecule has 0 spiro atoms. The molecule has 0 aliphatic heterocycles. The lowest BCUT2D eigenvalue weighted by Crippen LogP contribution is -2.32. The predicted octanol–water partition coefficient (Wildman–Crippen LogP) is 2.85. The fourth-order valence-electron chi connectivity index (χ4n) is 1.54. The van der Waals surface area contributed by atoms with Crippen molar-refractivity contribution >= 4 is 28.2 Å². The first-order valence-electron chi connectivity index (χ1n) is 5.89. The van der Waals surface area contributed by atoms with Crippen LogP contribution in [0, 0.1) is 5.41 Å². The van der Waals surface area contributed by atoms with Crippen LogP contribution in [0.25, 0.3) is 0 Å². The molecule has 5 nitrogen and oxygen atoms in total. The maximum absolute atomic E-state index is 11.6. The number of ether oxygens (including phenoxy) is 3. The summed E-state index contributed by atoms with van der Waals surface area (Å²) in [5, 5.41) is 0. The molecule has 110 valence electrons. The molecule has 20 heavy (non-hydrogen) atoms. The highest BCUT2D eigenvalue weighted by atomic mass is 79.9. The first-order valence-corrected chi connectivity index (χ1v) is 6.69. The Morgan fingerprint density at radius 3 is 2.50 bits per heavy atom. The van der Waals surface area contributed by atoms with Crippen LogP contribution in [0.5, 0.6) is 11.5 Å². The van der Waals surface area contributed by atoms with Crippen LogP contribution in [0.3, 0.4) is 0 Å². The Labute approximate surface area is 126 Å². The Hall–Kier alpha value is -1.56. The fourth-order valence-corrected chi connectivity index (χ4v) is 2.11. The van der Waals surface area contributed by atoms with E-state index in [1.807, 2.05) is 0 Å². The van der Waals surface area contributed by atoms with Gasteiger partial charge in [0.05, 0.1) is 24.1 Å². The predicted molar refractivity (Wildman–Crippen MR) is 77.4 cm³/mol. The van der Waals surface area contributed by atoms with Gasteiger partial charge < -0.3 is 14.2 Å². The number of carbonyl (C=O) groups excluding carboxylic acids is 2. The fraction of sp³-hybridized carbons (Fsp3) is 0.429. The summed E-state index contributed by atoms with van der Waals surface area (Å²) in [6, 6.07) is 3.19. The Morgan fingerprint density at radius 1 is 1.35 bits per heavy atom. The summed E-state index contributed by atoms with van der Waals surface area (Å²) >= 11 is 3.32. The molecule has 1 aromatic rings. The monoisotopic (exact) mass is 344 g/mol. The molecule has 0 radical (unpaired) electrons. The maximum atomic E-state index is 11.6. The van der Waals surface area contributed by atoms with Gasteiger partial charge in [0.15, 0.2) is 11.5 Å². The van der Waals surface area contributed by atoms with Crippen LogP contribution < -0.4 is 9.47 Å². The van der Waals surface area contributed by atoms with Crippen molar-refractivity contribution in [1.82, 2.24) is 0 Å². The van der Waals surface area contributed by atoms with Gasteiger partial charge in [0.1, 0.15) is 12.9 Å². The van der Waals surface area contributed by atoms with Crippen LogP contribution in [0.1, 0.15) is 24.2 Å². The molecular formula is C14H17BrO5. The third-order valence-electron chi connectivity index (χ3n) is 2.70. The quantitative estimate of drug-likeness (QED) is 0.586. The van der Waals surface area contributed by atoms with Crippen molar-refractivity contribution in [2.75, 3.05) is 20.8 Å². The van der Waals surface area contributed by atoms with Crippen LogP contribution in [-0.2, 0) is 9.53 Å². The minimum atomic E-state index is -0.789. The summed E-state index contributed by atoms with van der Waals surface area (Å²) in [4.78, 5) is 22.4. The Bertz CT molecular complexity index is 511. The van der Waals surface area contributed by atoms with Crippen LogP contribution in [0.2, 0.25) is 0 Å². The van der Waals surface area contributed by atoms with E-state index in [2.05, 4.69) is 15.9 Å². The second-order valence-electron chi connectivity index (χ2n) is 4.82. The molecule has 0 aliphatic rings. The summed E-state index contributed by atoms with van der Waals surface area (Å²) in [7, 11) is 2.81. The van der Waals surface area contributed by atoms with Crippen molar-refractivity contribution in [2.45, 2.75) is 13.8 Å². The first-order chi connectivity index (χ1) is 9.35. The molecule has 0 fully saturated rings. The lowest BCUT2D eigenvalue weighted by molar-refractivity contribution is -0.152. The molecule has 0 saturated carbocycles. The second kappa shape index (κ2) is 6.74. The van der Waals surface area contributed by atoms with E-state index in [4.69, 9.17) is 14.2 Å². The highest BCUT2D eigenvalue weighted by molar-refractivity contribution is 9.10. The second-order valence-corrected chi connectivity index (χ2v) is 5.67. The molecule has 1 aromatic carbocycles. The molecule has 0 heterocycles. The van der Waals surface area contributed by atoms with E-state index < -0.39 is 5.41 Å². The number of carbonyl (C=O) groups is 2. The van der Waals surface area contributed by atoms with Crippen LogP contribution >= 0.6 is 15.9 Å².